The maximum atomic E-state index is 12.1. The molecule has 0 aromatic heterocycles. The Morgan fingerprint density at radius 1 is 1.35 bits per heavy atom. The summed E-state index contributed by atoms with van der Waals surface area (Å²) in [5.41, 5.74) is 0.460. The minimum absolute atomic E-state index is 0.180. The molecule has 0 N–H and O–H groups in total. The Hall–Kier alpha value is -1.83. The molecule has 1 unspecified atom stereocenters. The molecule has 1 atom stereocenters. The number of hydrogen-bond donors (Lipinski definition) is 0. The Bertz CT molecular complexity index is 652. The number of hydroxylamine groups is 2. The summed E-state index contributed by atoms with van der Waals surface area (Å²) in [6.07, 6.45) is -0.880. The van der Waals surface area contributed by atoms with Crippen LogP contribution in [0.2, 0.25) is 10.0 Å². The van der Waals surface area contributed by atoms with E-state index in [2.05, 4.69) is 4.74 Å². The van der Waals surface area contributed by atoms with Crippen molar-refractivity contribution >= 4 is 41.0 Å². The van der Waals surface area contributed by atoms with Crippen molar-refractivity contribution < 1.29 is 24.0 Å². The normalized spacial score (nSPS) is 17.6. The fraction of sp³-hybridized carbons (Fsp3) is 0.357. The van der Waals surface area contributed by atoms with Crippen molar-refractivity contribution in [2.45, 2.75) is 13.1 Å². The summed E-state index contributed by atoms with van der Waals surface area (Å²) in [6, 6.07) is 4.68. The van der Waals surface area contributed by atoms with E-state index in [0.717, 1.165) is 5.06 Å². The van der Waals surface area contributed by atoms with Gasteiger partial charge in [-0.3, -0.25) is 14.4 Å². The Kier molecular flexibility index (Phi) is 5.46. The van der Waals surface area contributed by atoms with Gasteiger partial charge in [-0.25, -0.2) is 4.79 Å². The third kappa shape index (κ3) is 3.74. The van der Waals surface area contributed by atoms with Crippen LogP contribution >= 0.6 is 23.2 Å². The molecule has 0 spiro atoms. The van der Waals surface area contributed by atoms with E-state index >= 15 is 0 Å². The van der Waals surface area contributed by atoms with Crippen LogP contribution in [0.4, 0.5) is 0 Å². The van der Waals surface area contributed by atoms with Crippen molar-refractivity contribution in [3.63, 3.8) is 0 Å². The average molecular weight is 361 g/mol. The highest BCUT2D eigenvalue weighted by atomic mass is 35.5. The molecule has 1 aromatic carbocycles. The third-order valence-electron chi connectivity index (χ3n) is 3.26. The van der Waals surface area contributed by atoms with Gasteiger partial charge in [-0.05, 0) is 12.1 Å². The number of carbonyl (C=O) groups is 3. The van der Waals surface area contributed by atoms with Crippen molar-refractivity contribution in [2.75, 3.05) is 20.3 Å². The van der Waals surface area contributed by atoms with Crippen molar-refractivity contribution in [3.05, 3.63) is 33.8 Å². The van der Waals surface area contributed by atoms with Crippen molar-refractivity contribution in [1.82, 2.24) is 9.96 Å². The molecular weight excluding hydrogens is 347 g/mol. The molecular formula is C14H14Cl2N2O5. The monoisotopic (exact) mass is 360 g/mol. The highest BCUT2D eigenvalue weighted by Gasteiger charge is 2.42. The second-order valence-electron chi connectivity index (χ2n) is 4.76. The summed E-state index contributed by atoms with van der Waals surface area (Å²) in [5, 5.41) is 1.64. The van der Waals surface area contributed by atoms with Crippen LogP contribution in [0.15, 0.2) is 18.2 Å². The van der Waals surface area contributed by atoms with E-state index < -0.39 is 24.6 Å². The van der Waals surface area contributed by atoms with Crippen LogP contribution in [0.25, 0.3) is 0 Å². The van der Waals surface area contributed by atoms with Gasteiger partial charge < -0.3 is 9.64 Å². The summed E-state index contributed by atoms with van der Waals surface area (Å²) in [7, 11) is 1.20. The Balaban J connectivity index is 2.36. The second kappa shape index (κ2) is 7.16. The molecule has 9 heteroatoms. The average Bonchev–Trinajstić information content (AvgIpc) is 2.82. The first kappa shape index (κ1) is 17.5. The molecule has 1 heterocycles. The molecule has 0 saturated carbocycles. The van der Waals surface area contributed by atoms with Crippen molar-refractivity contribution in [3.8, 4) is 0 Å². The van der Waals surface area contributed by atoms with E-state index in [0.29, 0.717) is 10.6 Å². The Morgan fingerprint density at radius 3 is 2.61 bits per heavy atom. The van der Waals surface area contributed by atoms with Crippen LogP contribution in [0, 0.1) is 0 Å². The fourth-order valence-electron chi connectivity index (χ4n) is 2.18. The van der Waals surface area contributed by atoms with E-state index in [9.17, 15) is 14.4 Å². The molecule has 2 rings (SSSR count). The van der Waals surface area contributed by atoms with E-state index in [1.165, 1.54) is 25.0 Å². The van der Waals surface area contributed by atoms with E-state index in [-0.39, 0.29) is 17.5 Å². The molecule has 1 aliphatic heterocycles. The maximum absolute atomic E-state index is 12.1. The predicted octanol–water partition coefficient (Wildman–Crippen LogP) is 1.79. The van der Waals surface area contributed by atoms with Gasteiger partial charge in [-0.1, -0.05) is 29.3 Å². The number of benzene rings is 1. The molecule has 124 valence electrons. The predicted molar refractivity (Wildman–Crippen MR) is 81.4 cm³/mol. The lowest BCUT2D eigenvalue weighted by atomic mass is 10.1. The zero-order valence-electron chi connectivity index (χ0n) is 12.4. The van der Waals surface area contributed by atoms with Gasteiger partial charge >= 0.3 is 5.97 Å². The Morgan fingerprint density at radius 2 is 2.04 bits per heavy atom. The van der Waals surface area contributed by atoms with Gasteiger partial charge in [-0.2, -0.15) is 5.06 Å². The summed E-state index contributed by atoms with van der Waals surface area (Å²) in [5.74, 6) is -1.46. The SMILES string of the molecule is COC(=O)CON1C(=O)CN(C(C)=O)C1c1ccc(Cl)cc1Cl. The summed E-state index contributed by atoms with van der Waals surface area (Å²) in [4.78, 5) is 41.7. The third-order valence-corrected chi connectivity index (χ3v) is 3.83. The van der Waals surface area contributed by atoms with Gasteiger partial charge in [0.1, 0.15) is 6.54 Å². The van der Waals surface area contributed by atoms with Gasteiger partial charge in [0.25, 0.3) is 5.91 Å². The summed E-state index contributed by atoms with van der Waals surface area (Å²) in [6.45, 7) is 0.684. The standard InChI is InChI=1S/C14H14Cl2N2O5/c1-8(19)17-6-12(20)18(23-7-13(21)22-2)14(17)10-4-3-9(15)5-11(10)16/h3-5,14H,6-7H2,1-2H3. The zero-order valence-corrected chi connectivity index (χ0v) is 13.9. The number of halogens is 2. The molecule has 7 nitrogen and oxygen atoms in total. The topological polar surface area (TPSA) is 76.2 Å². The van der Waals surface area contributed by atoms with Crippen molar-refractivity contribution in [1.29, 1.82) is 0 Å². The molecule has 0 aliphatic carbocycles. The highest BCUT2D eigenvalue weighted by molar-refractivity contribution is 6.35. The quantitative estimate of drug-likeness (QED) is 0.765. The number of ether oxygens (including phenoxy) is 1. The molecule has 1 saturated heterocycles. The van der Waals surface area contributed by atoms with Gasteiger partial charge in [-0.15, -0.1) is 0 Å². The maximum Gasteiger partial charge on any atom is 0.334 e. The summed E-state index contributed by atoms with van der Waals surface area (Å²) >= 11 is 12.0. The lowest BCUT2D eigenvalue weighted by molar-refractivity contribution is -0.204. The van der Waals surface area contributed by atoms with Crippen LogP contribution in [-0.4, -0.2) is 48.0 Å². The lowest BCUT2D eigenvalue weighted by Gasteiger charge is -2.29. The lowest BCUT2D eigenvalue weighted by Crippen LogP contribution is -2.35. The minimum atomic E-state index is -0.880. The summed E-state index contributed by atoms with van der Waals surface area (Å²) < 4.78 is 4.47. The zero-order chi connectivity index (χ0) is 17.1. The van der Waals surface area contributed by atoms with Crippen LogP contribution in [0.5, 0.6) is 0 Å². The van der Waals surface area contributed by atoms with E-state index in [4.69, 9.17) is 28.0 Å². The first-order valence-corrected chi connectivity index (χ1v) is 7.34. The Labute approximate surface area is 142 Å². The number of rotatable bonds is 4. The van der Waals surface area contributed by atoms with Crippen LogP contribution in [-0.2, 0) is 24.0 Å². The molecule has 1 aliphatic rings. The molecule has 23 heavy (non-hydrogen) atoms. The minimum Gasteiger partial charge on any atom is -0.467 e. The molecule has 1 aromatic rings. The van der Waals surface area contributed by atoms with E-state index in [1.807, 2.05) is 0 Å². The molecule has 0 radical (unpaired) electrons. The number of esters is 1. The van der Waals surface area contributed by atoms with Crippen LogP contribution in [0.1, 0.15) is 18.7 Å². The smallest absolute Gasteiger partial charge is 0.334 e. The first-order valence-electron chi connectivity index (χ1n) is 6.59. The molecule has 2 amide bonds. The second-order valence-corrected chi connectivity index (χ2v) is 5.60. The van der Waals surface area contributed by atoms with E-state index in [1.54, 1.807) is 12.1 Å². The molecule has 0 bridgehead atoms. The first-order chi connectivity index (χ1) is 10.8. The molecule has 1 fully saturated rings. The van der Waals surface area contributed by atoms with Crippen LogP contribution in [0.3, 0.4) is 0 Å². The highest BCUT2D eigenvalue weighted by Crippen LogP contribution is 2.36. The van der Waals surface area contributed by atoms with Gasteiger partial charge in [0, 0.05) is 22.5 Å². The van der Waals surface area contributed by atoms with Gasteiger partial charge in [0.15, 0.2) is 12.8 Å². The van der Waals surface area contributed by atoms with Gasteiger partial charge in [0.2, 0.25) is 5.91 Å². The number of nitrogens with zero attached hydrogens (tertiary/aromatic N) is 2. The van der Waals surface area contributed by atoms with Crippen molar-refractivity contribution in [2.24, 2.45) is 0 Å². The number of hydrogen-bond acceptors (Lipinski definition) is 5. The largest absolute Gasteiger partial charge is 0.467 e. The van der Waals surface area contributed by atoms with Crippen LogP contribution < -0.4 is 0 Å². The number of carbonyl (C=O) groups excluding carboxylic acids is 3. The number of amides is 2. The number of methoxy groups -OCH3 is 1. The van der Waals surface area contributed by atoms with Gasteiger partial charge in [0.05, 0.1) is 7.11 Å². The fourth-order valence-corrected chi connectivity index (χ4v) is 2.68.